The van der Waals surface area contributed by atoms with Gasteiger partial charge in [-0.25, -0.2) is 4.79 Å². The molecule has 0 saturated carbocycles. The molecule has 0 aliphatic carbocycles. The first-order valence-corrected chi connectivity index (χ1v) is 10.0. The first kappa shape index (κ1) is 23.2. The van der Waals surface area contributed by atoms with E-state index in [1.807, 2.05) is 19.9 Å². The Morgan fingerprint density at radius 2 is 2.06 bits per heavy atom. The minimum atomic E-state index is -0.471. The minimum Gasteiger partial charge on any atom is -0.465 e. The first-order valence-electron chi connectivity index (χ1n) is 10.0. The maximum absolute atomic E-state index is 12.8. The number of aliphatic hydroxyl groups is 1. The van der Waals surface area contributed by atoms with Crippen molar-refractivity contribution < 1.29 is 24.0 Å². The van der Waals surface area contributed by atoms with E-state index in [0.29, 0.717) is 30.1 Å². The fourth-order valence-corrected chi connectivity index (χ4v) is 3.37. The van der Waals surface area contributed by atoms with Gasteiger partial charge in [0.2, 0.25) is 5.91 Å². The number of ether oxygens (including phenoxy) is 1. The smallest absolute Gasteiger partial charge is 0.337 e. The van der Waals surface area contributed by atoms with E-state index in [1.165, 1.54) is 18.2 Å². The lowest BCUT2D eigenvalue weighted by Crippen LogP contribution is -2.39. The Hall–Kier alpha value is -3.50. The number of hydrogen-bond acceptors (Lipinski definition) is 8. The maximum atomic E-state index is 12.8. The summed E-state index contributed by atoms with van der Waals surface area (Å²) in [4.78, 5) is 27.6. The Morgan fingerprint density at radius 3 is 2.72 bits per heavy atom. The minimum absolute atomic E-state index is 0.0675. The van der Waals surface area contributed by atoms with Gasteiger partial charge >= 0.3 is 5.97 Å². The first-order chi connectivity index (χ1) is 15.3. The highest BCUT2D eigenvalue weighted by Crippen LogP contribution is 2.18. The summed E-state index contributed by atoms with van der Waals surface area (Å²) in [7, 11) is 3.12. The summed E-state index contributed by atoms with van der Waals surface area (Å²) in [6, 6.07) is 7.05. The van der Waals surface area contributed by atoms with Crippen molar-refractivity contribution in [1.82, 2.24) is 19.8 Å². The van der Waals surface area contributed by atoms with Gasteiger partial charge in [0.05, 0.1) is 43.3 Å². The second-order valence-corrected chi connectivity index (χ2v) is 7.53. The van der Waals surface area contributed by atoms with E-state index in [2.05, 4.69) is 10.3 Å². The highest BCUT2D eigenvalue weighted by atomic mass is 16.5. The molecule has 0 radical (unpaired) electrons. The number of likely N-dealkylation sites (N-methyl/N-ethyl adjacent to an activating group) is 1. The highest BCUT2D eigenvalue weighted by Gasteiger charge is 2.19. The highest BCUT2D eigenvalue weighted by molar-refractivity contribution is 5.94. The monoisotopic (exact) mass is 441 g/mol. The van der Waals surface area contributed by atoms with Crippen molar-refractivity contribution >= 4 is 17.6 Å². The number of nitrogens with zero attached hydrogens (tertiary/aromatic N) is 5. The van der Waals surface area contributed by atoms with E-state index in [4.69, 9.17) is 9.26 Å². The Morgan fingerprint density at radius 1 is 1.28 bits per heavy atom. The van der Waals surface area contributed by atoms with E-state index in [-0.39, 0.29) is 12.5 Å². The van der Waals surface area contributed by atoms with Gasteiger partial charge in [0.15, 0.2) is 0 Å². The summed E-state index contributed by atoms with van der Waals surface area (Å²) in [6.45, 7) is 4.18. The molecule has 3 aromatic rings. The Labute approximate surface area is 186 Å². The van der Waals surface area contributed by atoms with Crippen LogP contribution in [0.25, 0.3) is 0 Å². The third kappa shape index (κ3) is 5.40. The van der Waals surface area contributed by atoms with Crippen molar-refractivity contribution in [3.8, 4) is 0 Å². The van der Waals surface area contributed by atoms with Gasteiger partial charge < -0.3 is 14.4 Å². The Balaban J connectivity index is 1.63. The van der Waals surface area contributed by atoms with Crippen LogP contribution in [-0.2, 0) is 22.6 Å². The molecule has 32 heavy (non-hydrogen) atoms. The molecular weight excluding hydrogens is 414 g/mol. The molecule has 1 N–H and O–H groups in total. The largest absolute Gasteiger partial charge is 0.465 e. The van der Waals surface area contributed by atoms with E-state index >= 15 is 0 Å². The molecule has 2 aromatic heterocycles. The number of carbonyl (C=O) groups excluding carboxylic acids is 2. The average Bonchev–Trinajstić information content (AvgIpc) is 3.35. The number of anilines is 1. The number of aliphatic hydroxyl groups excluding tert-OH is 1. The van der Waals surface area contributed by atoms with Crippen LogP contribution in [0.4, 0.5) is 5.69 Å². The van der Waals surface area contributed by atoms with Crippen LogP contribution < -0.4 is 4.90 Å². The van der Waals surface area contributed by atoms with Crippen molar-refractivity contribution in [3.63, 3.8) is 0 Å². The molecule has 0 fully saturated rings. The van der Waals surface area contributed by atoms with E-state index in [1.54, 1.807) is 41.0 Å². The lowest BCUT2D eigenvalue weighted by molar-refractivity contribution is -0.120. The fraction of sp³-hybridized carbons (Fsp3) is 0.364. The van der Waals surface area contributed by atoms with Gasteiger partial charge in [-0.1, -0.05) is 17.3 Å². The van der Waals surface area contributed by atoms with Gasteiger partial charge in [-0.15, -0.1) is 0 Å². The van der Waals surface area contributed by atoms with Gasteiger partial charge in [0.25, 0.3) is 0 Å². The molecule has 1 aromatic carbocycles. The summed E-state index contributed by atoms with van der Waals surface area (Å²) < 4.78 is 11.6. The molecule has 0 unspecified atom stereocenters. The number of hydrogen-bond donors (Lipinski definition) is 1. The van der Waals surface area contributed by atoms with Gasteiger partial charge in [-0.3, -0.25) is 19.3 Å². The number of carbonyl (C=O) groups is 2. The predicted molar refractivity (Wildman–Crippen MR) is 116 cm³/mol. The quantitative estimate of drug-likeness (QED) is 0.395. The van der Waals surface area contributed by atoms with Crippen LogP contribution in [0.2, 0.25) is 0 Å². The number of amides is 1. The van der Waals surface area contributed by atoms with Crippen molar-refractivity contribution in [2.45, 2.75) is 26.9 Å². The molecule has 2 heterocycles. The Bertz CT molecular complexity index is 1070. The summed E-state index contributed by atoms with van der Waals surface area (Å²) in [5.41, 5.74) is 3.52. The molecule has 10 heteroatoms. The molecule has 0 atom stereocenters. The molecule has 0 bridgehead atoms. The fourth-order valence-electron chi connectivity index (χ4n) is 3.37. The van der Waals surface area contributed by atoms with Crippen LogP contribution in [0.1, 0.15) is 32.9 Å². The number of aromatic nitrogens is 3. The zero-order chi connectivity index (χ0) is 23.3. The average molecular weight is 441 g/mol. The summed E-state index contributed by atoms with van der Waals surface area (Å²) in [6.07, 6.45) is 3.23. The van der Waals surface area contributed by atoms with E-state index < -0.39 is 12.7 Å². The van der Waals surface area contributed by atoms with Crippen LogP contribution >= 0.6 is 0 Å². The lowest BCUT2D eigenvalue weighted by Gasteiger charge is -2.22. The summed E-state index contributed by atoms with van der Waals surface area (Å²) in [5.74, 6) is 0.0224. The standard InChI is InChI=1S/C22H27N5O5/c1-15-20(16(2)32-24-15)12-26-11-19(9-23-26)27(14-28)21(29)13-25(3)10-17-6-5-7-18(8-17)22(30)31-4/h5-9,11,28H,10,12-14H2,1-4H3. The van der Waals surface area contributed by atoms with Crippen molar-refractivity contribution in [1.29, 1.82) is 0 Å². The van der Waals surface area contributed by atoms with Gasteiger partial charge in [-0.05, 0) is 38.6 Å². The maximum Gasteiger partial charge on any atom is 0.337 e. The normalized spacial score (nSPS) is 11.1. The topological polar surface area (TPSA) is 114 Å². The summed E-state index contributed by atoms with van der Waals surface area (Å²) in [5, 5.41) is 18.0. The number of methoxy groups -OCH3 is 1. The van der Waals surface area contributed by atoms with Crippen LogP contribution in [0.3, 0.4) is 0 Å². The van der Waals surface area contributed by atoms with Crippen LogP contribution in [0.5, 0.6) is 0 Å². The van der Waals surface area contributed by atoms with E-state index in [9.17, 15) is 14.7 Å². The SMILES string of the molecule is COC(=O)c1cccc(CN(C)CC(=O)N(CO)c2cnn(Cc3c(C)noc3C)c2)c1. The number of aryl methyl sites for hydroxylation is 2. The Kier molecular flexibility index (Phi) is 7.39. The molecule has 0 spiro atoms. The second kappa shape index (κ2) is 10.2. The van der Waals surface area contributed by atoms with Gasteiger partial charge in [-0.2, -0.15) is 5.10 Å². The second-order valence-electron chi connectivity index (χ2n) is 7.53. The van der Waals surface area contributed by atoms with Crippen LogP contribution in [-0.4, -0.2) is 64.3 Å². The molecule has 1 amide bonds. The zero-order valence-electron chi connectivity index (χ0n) is 18.6. The third-order valence-corrected chi connectivity index (χ3v) is 5.08. The van der Waals surface area contributed by atoms with Crippen LogP contribution in [0, 0.1) is 13.8 Å². The van der Waals surface area contributed by atoms with Gasteiger partial charge in [0, 0.05) is 18.3 Å². The molecule has 0 saturated heterocycles. The van der Waals surface area contributed by atoms with Gasteiger partial charge in [0.1, 0.15) is 12.5 Å². The third-order valence-electron chi connectivity index (χ3n) is 5.08. The lowest BCUT2D eigenvalue weighted by atomic mass is 10.1. The van der Waals surface area contributed by atoms with E-state index in [0.717, 1.165) is 16.8 Å². The molecule has 0 aliphatic rings. The molecule has 10 nitrogen and oxygen atoms in total. The van der Waals surface area contributed by atoms with Crippen molar-refractivity contribution in [2.24, 2.45) is 0 Å². The van der Waals surface area contributed by atoms with Crippen molar-refractivity contribution in [3.05, 3.63) is 64.8 Å². The molecular formula is C22H27N5O5. The zero-order valence-corrected chi connectivity index (χ0v) is 18.6. The molecule has 170 valence electrons. The molecule has 3 rings (SSSR count). The predicted octanol–water partition coefficient (Wildman–Crippen LogP) is 1.74. The van der Waals surface area contributed by atoms with Crippen molar-refractivity contribution in [2.75, 3.05) is 32.3 Å². The number of esters is 1. The molecule has 0 aliphatic heterocycles. The van der Waals surface area contributed by atoms with Crippen LogP contribution in [0.15, 0.2) is 41.2 Å². The summed E-state index contributed by atoms with van der Waals surface area (Å²) >= 11 is 0. The number of rotatable bonds is 9. The number of benzene rings is 1.